The minimum atomic E-state index is -0.0222. The van der Waals surface area contributed by atoms with E-state index in [1.807, 2.05) is 11.8 Å². The topological polar surface area (TPSA) is 43.9 Å². The lowest BCUT2D eigenvalue weighted by Crippen LogP contribution is -2.46. The number of hydrogen-bond acceptors (Lipinski definition) is 2. The third-order valence-electron chi connectivity index (χ3n) is 2.97. The van der Waals surface area contributed by atoms with Crippen molar-refractivity contribution in [2.24, 2.45) is 0 Å². The second-order valence-electron chi connectivity index (χ2n) is 4.69. The van der Waals surface area contributed by atoms with E-state index >= 15 is 0 Å². The van der Waals surface area contributed by atoms with E-state index in [-0.39, 0.29) is 18.5 Å². The van der Waals surface area contributed by atoms with Crippen molar-refractivity contribution in [3.63, 3.8) is 0 Å². The smallest absolute Gasteiger partial charge is 0.320 e. The Bertz CT molecular complexity index is 273. The summed E-state index contributed by atoms with van der Waals surface area (Å²) in [4.78, 5) is 28.9. The highest BCUT2D eigenvalue weighted by Gasteiger charge is 2.24. The van der Waals surface area contributed by atoms with Crippen LogP contribution < -0.4 is 0 Å². The minimum absolute atomic E-state index is 0.0135. The number of likely N-dealkylation sites (tertiary alicyclic amines) is 1. The summed E-state index contributed by atoms with van der Waals surface area (Å²) in [5, 5.41) is 0. The van der Waals surface area contributed by atoms with Gasteiger partial charge in [-0.2, -0.15) is 0 Å². The lowest BCUT2D eigenvalue weighted by molar-refractivity contribution is -0.129. The molecule has 0 aliphatic carbocycles. The number of carbonyl (C=O) groups is 2. The molecule has 0 bridgehead atoms. The molecule has 0 saturated carbocycles. The Balaban J connectivity index is 2.57. The SMILES string of the molecule is CCCN(CC(=O)N(C)C)C(=O)N1CCCC1. The number of urea groups is 1. The standard InChI is InChI=1S/C12H23N3O2/c1-4-7-15(10-11(16)13(2)3)12(17)14-8-5-6-9-14/h4-10H2,1-3H3. The monoisotopic (exact) mass is 241 g/mol. The van der Waals surface area contributed by atoms with Gasteiger partial charge in [0.2, 0.25) is 5.91 Å². The maximum Gasteiger partial charge on any atom is 0.320 e. The average molecular weight is 241 g/mol. The summed E-state index contributed by atoms with van der Waals surface area (Å²) in [5.41, 5.74) is 0. The maximum atomic E-state index is 12.2. The van der Waals surface area contributed by atoms with Crippen molar-refractivity contribution in [2.75, 3.05) is 40.3 Å². The Morgan fingerprint density at radius 2 is 1.76 bits per heavy atom. The van der Waals surface area contributed by atoms with Crippen molar-refractivity contribution < 1.29 is 9.59 Å². The van der Waals surface area contributed by atoms with Crippen LogP contribution in [0.3, 0.4) is 0 Å². The Kier molecular flexibility index (Phi) is 5.25. The molecular formula is C12H23N3O2. The fourth-order valence-electron chi connectivity index (χ4n) is 1.93. The molecule has 1 heterocycles. The van der Waals surface area contributed by atoms with E-state index in [0.717, 1.165) is 32.4 Å². The number of likely N-dealkylation sites (N-methyl/N-ethyl adjacent to an activating group) is 1. The number of carbonyl (C=O) groups excluding carboxylic acids is 2. The van der Waals surface area contributed by atoms with Crippen molar-refractivity contribution in [3.8, 4) is 0 Å². The van der Waals surface area contributed by atoms with E-state index in [9.17, 15) is 9.59 Å². The molecule has 1 rings (SSSR count). The first-order valence-corrected chi connectivity index (χ1v) is 6.30. The molecule has 0 N–H and O–H groups in total. The first-order chi connectivity index (χ1) is 8.06. The molecule has 1 aliphatic heterocycles. The Hall–Kier alpha value is -1.26. The molecule has 0 radical (unpaired) electrons. The number of hydrogen-bond donors (Lipinski definition) is 0. The van der Waals surface area contributed by atoms with Crippen LogP contribution >= 0.6 is 0 Å². The van der Waals surface area contributed by atoms with Crippen LogP contribution in [0.5, 0.6) is 0 Å². The van der Waals surface area contributed by atoms with Crippen molar-refractivity contribution >= 4 is 11.9 Å². The lowest BCUT2D eigenvalue weighted by Gasteiger charge is -2.28. The van der Waals surface area contributed by atoms with Gasteiger partial charge in [-0.05, 0) is 19.3 Å². The van der Waals surface area contributed by atoms with Gasteiger partial charge in [-0.1, -0.05) is 6.92 Å². The Labute approximate surface area is 103 Å². The molecule has 0 aromatic carbocycles. The largest absolute Gasteiger partial charge is 0.347 e. The van der Waals surface area contributed by atoms with Gasteiger partial charge in [-0.25, -0.2) is 4.79 Å². The van der Waals surface area contributed by atoms with E-state index in [1.165, 1.54) is 4.90 Å². The quantitative estimate of drug-likeness (QED) is 0.737. The van der Waals surface area contributed by atoms with Crippen molar-refractivity contribution in [1.82, 2.24) is 14.7 Å². The molecule has 1 fully saturated rings. The molecule has 17 heavy (non-hydrogen) atoms. The van der Waals surface area contributed by atoms with Gasteiger partial charge in [0, 0.05) is 33.7 Å². The highest BCUT2D eigenvalue weighted by molar-refractivity contribution is 5.83. The lowest BCUT2D eigenvalue weighted by atomic mass is 10.4. The number of nitrogens with zero attached hydrogens (tertiary/aromatic N) is 3. The second-order valence-corrected chi connectivity index (χ2v) is 4.69. The number of amides is 3. The normalized spacial score (nSPS) is 14.9. The zero-order chi connectivity index (χ0) is 12.8. The van der Waals surface area contributed by atoms with Crippen LogP contribution in [0.15, 0.2) is 0 Å². The number of rotatable bonds is 4. The molecule has 3 amide bonds. The van der Waals surface area contributed by atoms with Gasteiger partial charge in [0.15, 0.2) is 0 Å². The molecule has 98 valence electrons. The second kappa shape index (κ2) is 6.47. The van der Waals surface area contributed by atoms with Crippen LogP contribution in [0, 0.1) is 0 Å². The zero-order valence-corrected chi connectivity index (χ0v) is 11.1. The van der Waals surface area contributed by atoms with Crippen LogP contribution in [0.25, 0.3) is 0 Å². The molecule has 1 saturated heterocycles. The van der Waals surface area contributed by atoms with Crippen LogP contribution in [-0.4, -0.2) is 66.9 Å². The maximum absolute atomic E-state index is 12.2. The van der Waals surface area contributed by atoms with Gasteiger partial charge < -0.3 is 14.7 Å². The first-order valence-electron chi connectivity index (χ1n) is 6.30. The van der Waals surface area contributed by atoms with E-state index in [4.69, 9.17) is 0 Å². The first kappa shape index (κ1) is 13.8. The molecule has 5 heteroatoms. The van der Waals surface area contributed by atoms with E-state index in [1.54, 1.807) is 19.0 Å². The van der Waals surface area contributed by atoms with Crippen molar-refractivity contribution in [2.45, 2.75) is 26.2 Å². The van der Waals surface area contributed by atoms with E-state index < -0.39 is 0 Å². The summed E-state index contributed by atoms with van der Waals surface area (Å²) in [7, 11) is 3.43. The minimum Gasteiger partial charge on any atom is -0.347 e. The average Bonchev–Trinajstić information content (AvgIpc) is 2.80. The predicted molar refractivity (Wildman–Crippen MR) is 66.8 cm³/mol. The fourth-order valence-corrected chi connectivity index (χ4v) is 1.93. The summed E-state index contributed by atoms with van der Waals surface area (Å²) >= 11 is 0. The van der Waals surface area contributed by atoms with Gasteiger partial charge >= 0.3 is 6.03 Å². The summed E-state index contributed by atoms with van der Waals surface area (Å²) in [6.45, 7) is 4.51. The molecule has 0 atom stereocenters. The third kappa shape index (κ3) is 3.91. The van der Waals surface area contributed by atoms with Gasteiger partial charge in [0.25, 0.3) is 0 Å². The van der Waals surface area contributed by atoms with Gasteiger partial charge in [0.1, 0.15) is 6.54 Å². The van der Waals surface area contributed by atoms with Crippen LogP contribution in [0.1, 0.15) is 26.2 Å². The van der Waals surface area contributed by atoms with Crippen LogP contribution in [0.2, 0.25) is 0 Å². The fraction of sp³-hybridized carbons (Fsp3) is 0.833. The summed E-state index contributed by atoms with van der Waals surface area (Å²) < 4.78 is 0. The Morgan fingerprint density at radius 1 is 1.18 bits per heavy atom. The molecule has 0 aromatic heterocycles. The summed E-state index contributed by atoms with van der Waals surface area (Å²) in [5.74, 6) is -0.0222. The molecule has 0 aromatic rings. The molecule has 0 spiro atoms. The zero-order valence-electron chi connectivity index (χ0n) is 11.1. The van der Waals surface area contributed by atoms with Crippen molar-refractivity contribution in [1.29, 1.82) is 0 Å². The van der Waals surface area contributed by atoms with Gasteiger partial charge in [-0.3, -0.25) is 4.79 Å². The van der Waals surface area contributed by atoms with E-state index in [0.29, 0.717) is 6.54 Å². The molecule has 5 nitrogen and oxygen atoms in total. The highest BCUT2D eigenvalue weighted by Crippen LogP contribution is 2.11. The van der Waals surface area contributed by atoms with Crippen molar-refractivity contribution in [3.05, 3.63) is 0 Å². The van der Waals surface area contributed by atoms with Gasteiger partial charge in [-0.15, -0.1) is 0 Å². The van der Waals surface area contributed by atoms with E-state index in [2.05, 4.69) is 0 Å². The van der Waals surface area contributed by atoms with Crippen LogP contribution in [-0.2, 0) is 4.79 Å². The molecule has 1 aliphatic rings. The molecule has 0 unspecified atom stereocenters. The summed E-state index contributed by atoms with van der Waals surface area (Å²) in [6.07, 6.45) is 3.03. The van der Waals surface area contributed by atoms with Crippen LogP contribution in [0.4, 0.5) is 4.79 Å². The predicted octanol–water partition coefficient (Wildman–Crippen LogP) is 1.00. The molecular weight excluding hydrogens is 218 g/mol. The highest BCUT2D eigenvalue weighted by atomic mass is 16.2. The van der Waals surface area contributed by atoms with Gasteiger partial charge in [0.05, 0.1) is 0 Å². The third-order valence-corrected chi connectivity index (χ3v) is 2.97. The summed E-state index contributed by atoms with van der Waals surface area (Å²) in [6, 6.07) is 0.0135. The Morgan fingerprint density at radius 3 is 2.24 bits per heavy atom.